The molecule has 0 fully saturated rings. The molecule has 164 valence electrons. The maximum atomic E-state index is 12.3. The number of hydrogen-bond acceptors (Lipinski definition) is 6. The van der Waals surface area contributed by atoms with Crippen molar-refractivity contribution >= 4 is 22.9 Å². The molecule has 4 rings (SSSR count). The van der Waals surface area contributed by atoms with Crippen LogP contribution in [0.1, 0.15) is 11.5 Å². The highest BCUT2D eigenvalue weighted by Gasteiger charge is 2.22. The van der Waals surface area contributed by atoms with Gasteiger partial charge in [0.2, 0.25) is 11.7 Å². The summed E-state index contributed by atoms with van der Waals surface area (Å²) in [6, 6.07) is 13.0. The molecule has 0 aliphatic heterocycles. The second kappa shape index (κ2) is 9.21. The molecule has 0 bridgehead atoms. The number of aromatic nitrogens is 3. The molecule has 4 aromatic rings. The van der Waals surface area contributed by atoms with E-state index in [9.17, 15) is 14.7 Å². The Hall–Kier alpha value is -4.34. The number of rotatable bonds is 8. The predicted octanol–water partition coefficient (Wildman–Crippen LogP) is 2.72. The normalized spacial score (nSPS) is 11.8. The Kier molecular flexibility index (Phi) is 6.02. The number of carboxylic acids is 1. The second-order valence-electron chi connectivity index (χ2n) is 6.99. The van der Waals surface area contributed by atoms with Gasteiger partial charge < -0.3 is 30.0 Å². The van der Waals surface area contributed by atoms with E-state index >= 15 is 0 Å². The van der Waals surface area contributed by atoms with Gasteiger partial charge in [-0.3, -0.25) is 0 Å². The quantitative estimate of drug-likeness (QED) is 0.333. The van der Waals surface area contributed by atoms with Crippen LogP contribution < -0.4 is 15.4 Å². The van der Waals surface area contributed by atoms with Crippen LogP contribution in [0.2, 0.25) is 0 Å². The average Bonchev–Trinajstić information content (AvgIpc) is 3.44. The van der Waals surface area contributed by atoms with Crippen LogP contribution in [0.3, 0.4) is 0 Å². The lowest BCUT2D eigenvalue weighted by Gasteiger charge is -2.14. The maximum Gasteiger partial charge on any atom is 0.326 e. The summed E-state index contributed by atoms with van der Waals surface area (Å²) in [5.74, 6) is -0.0548. The van der Waals surface area contributed by atoms with E-state index in [2.05, 4.69) is 25.8 Å². The number of para-hydroxylation sites is 2. The fraction of sp³-hybridized carbons (Fsp3) is 0.182. The van der Waals surface area contributed by atoms with Crippen LogP contribution in [0.4, 0.5) is 4.79 Å². The van der Waals surface area contributed by atoms with Gasteiger partial charge in [-0.05, 0) is 23.8 Å². The van der Waals surface area contributed by atoms with Gasteiger partial charge in [0.1, 0.15) is 11.8 Å². The van der Waals surface area contributed by atoms with Gasteiger partial charge in [-0.1, -0.05) is 35.5 Å². The van der Waals surface area contributed by atoms with Crippen LogP contribution in [0.5, 0.6) is 5.75 Å². The number of nitrogens with one attached hydrogen (secondary N) is 3. The lowest BCUT2D eigenvalue weighted by molar-refractivity contribution is -0.139. The van der Waals surface area contributed by atoms with Gasteiger partial charge in [-0.25, -0.2) is 9.59 Å². The Labute approximate surface area is 182 Å². The molecule has 32 heavy (non-hydrogen) atoms. The van der Waals surface area contributed by atoms with Crippen LogP contribution in [0, 0.1) is 0 Å². The SMILES string of the molecule is COc1ccccc1-c1noc(CNC(=O)N[C@H](Cc2c[nH]c3ccccc23)C(=O)O)n1. The van der Waals surface area contributed by atoms with Crippen LogP contribution in [-0.4, -0.2) is 45.4 Å². The molecule has 0 aliphatic carbocycles. The molecule has 0 saturated heterocycles. The molecule has 2 heterocycles. The summed E-state index contributed by atoms with van der Waals surface area (Å²) in [5, 5.41) is 19.4. The molecular formula is C22H21N5O5. The Morgan fingerprint density at radius 1 is 1.19 bits per heavy atom. The highest BCUT2D eigenvalue weighted by molar-refractivity contribution is 5.86. The highest BCUT2D eigenvalue weighted by Crippen LogP contribution is 2.27. The van der Waals surface area contributed by atoms with E-state index in [1.165, 1.54) is 0 Å². The first-order valence-corrected chi connectivity index (χ1v) is 9.83. The van der Waals surface area contributed by atoms with E-state index in [4.69, 9.17) is 9.26 Å². The van der Waals surface area contributed by atoms with Gasteiger partial charge in [-0.2, -0.15) is 4.98 Å². The third-order valence-corrected chi connectivity index (χ3v) is 4.92. The Balaban J connectivity index is 1.37. The Morgan fingerprint density at radius 3 is 2.78 bits per heavy atom. The zero-order valence-electron chi connectivity index (χ0n) is 17.2. The molecule has 0 spiro atoms. The van der Waals surface area contributed by atoms with Gasteiger partial charge in [0.05, 0.1) is 19.2 Å². The van der Waals surface area contributed by atoms with Crippen molar-refractivity contribution in [1.82, 2.24) is 25.8 Å². The van der Waals surface area contributed by atoms with E-state index in [-0.39, 0.29) is 18.9 Å². The number of aliphatic carboxylic acids is 1. The predicted molar refractivity (Wildman–Crippen MR) is 115 cm³/mol. The summed E-state index contributed by atoms with van der Waals surface area (Å²) in [4.78, 5) is 31.3. The minimum atomic E-state index is -1.14. The topological polar surface area (TPSA) is 142 Å². The molecule has 10 nitrogen and oxygen atoms in total. The number of urea groups is 1. The van der Waals surface area contributed by atoms with Crippen LogP contribution >= 0.6 is 0 Å². The van der Waals surface area contributed by atoms with Gasteiger partial charge in [0.15, 0.2) is 0 Å². The number of carboxylic acid groups (broad SMARTS) is 1. The lowest BCUT2D eigenvalue weighted by Crippen LogP contribution is -2.46. The number of carbonyl (C=O) groups excluding carboxylic acids is 1. The van der Waals surface area contributed by atoms with Crippen molar-refractivity contribution in [3.63, 3.8) is 0 Å². The molecule has 2 aromatic carbocycles. The molecule has 0 radical (unpaired) electrons. The first-order chi connectivity index (χ1) is 15.5. The lowest BCUT2D eigenvalue weighted by atomic mass is 10.1. The van der Waals surface area contributed by atoms with Crippen LogP contribution in [-0.2, 0) is 17.8 Å². The summed E-state index contributed by atoms with van der Waals surface area (Å²) in [7, 11) is 1.54. The largest absolute Gasteiger partial charge is 0.496 e. The van der Waals surface area contributed by atoms with Crippen molar-refractivity contribution in [2.45, 2.75) is 19.0 Å². The number of methoxy groups -OCH3 is 1. The first kappa shape index (κ1) is 20.9. The summed E-state index contributed by atoms with van der Waals surface area (Å²) >= 11 is 0. The number of nitrogens with zero attached hydrogens (tertiary/aromatic N) is 2. The fourth-order valence-corrected chi connectivity index (χ4v) is 3.35. The van der Waals surface area contributed by atoms with Gasteiger partial charge in [-0.15, -0.1) is 0 Å². The summed E-state index contributed by atoms with van der Waals surface area (Å²) in [6.07, 6.45) is 1.88. The third-order valence-electron chi connectivity index (χ3n) is 4.92. The van der Waals surface area contributed by atoms with Crippen molar-refractivity contribution in [1.29, 1.82) is 0 Å². The molecule has 10 heteroatoms. The van der Waals surface area contributed by atoms with Crippen molar-refractivity contribution < 1.29 is 24.0 Å². The van der Waals surface area contributed by atoms with Gasteiger partial charge in [0.25, 0.3) is 0 Å². The average molecular weight is 435 g/mol. The van der Waals surface area contributed by atoms with Crippen molar-refractivity contribution in [2.75, 3.05) is 7.11 Å². The monoisotopic (exact) mass is 435 g/mol. The van der Waals surface area contributed by atoms with Gasteiger partial charge >= 0.3 is 12.0 Å². The molecule has 4 N–H and O–H groups in total. The minimum Gasteiger partial charge on any atom is -0.496 e. The van der Waals surface area contributed by atoms with Crippen molar-refractivity contribution in [3.8, 4) is 17.1 Å². The number of H-pyrrole nitrogens is 1. The minimum absolute atomic E-state index is 0.0621. The molecule has 0 saturated carbocycles. The van der Waals surface area contributed by atoms with Crippen LogP contribution in [0.15, 0.2) is 59.3 Å². The van der Waals surface area contributed by atoms with E-state index < -0.39 is 18.0 Å². The molecule has 1 atom stereocenters. The van der Waals surface area contributed by atoms with E-state index in [0.29, 0.717) is 17.1 Å². The molecule has 2 amide bonds. The molecule has 0 unspecified atom stereocenters. The zero-order chi connectivity index (χ0) is 22.5. The number of aromatic amines is 1. The first-order valence-electron chi connectivity index (χ1n) is 9.83. The number of ether oxygens (including phenoxy) is 1. The van der Waals surface area contributed by atoms with E-state index in [1.54, 1.807) is 25.4 Å². The zero-order valence-corrected chi connectivity index (χ0v) is 17.2. The highest BCUT2D eigenvalue weighted by atomic mass is 16.5. The Bertz CT molecular complexity index is 1250. The fourth-order valence-electron chi connectivity index (χ4n) is 3.35. The van der Waals surface area contributed by atoms with E-state index in [0.717, 1.165) is 16.5 Å². The third kappa shape index (κ3) is 4.53. The van der Waals surface area contributed by atoms with E-state index in [1.807, 2.05) is 36.4 Å². The maximum absolute atomic E-state index is 12.3. The summed E-state index contributed by atoms with van der Waals surface area (Å²) in [6.45, 7) is -0.0621. The second-order valence-corrected chi connectivity index (χ2v) is 6.99. The molecule has 0 aliphatic rings. The van der Waals surface area contributed by atoms with Crippen molar-refractivity contribution in [2.24, 2.45) is 0 Å². The Morgan fingerprint density at radius 2 is 1.97 bits per heavy atom. The standard InChI is InChI=1S/C22H21N5O5/c1-31-18-9-5-3-7-15(18)20-26-19(32-27-20)12-24-22(30)25-17(21(28)29)10-13-11-23-16-8-4-2-6-14(13)16/h2-9,11,17,23H,10,12H2,1H3,(H,28,29)(H2,24,25,30)/t17-/m1/s1. The number of hydrogen-bond donors (Lipinski definition) is 4. The summed E-state index contributed by atoms with van der Waals surface area (Å²) in [5.41, 5.74) is 2.35. The number of benzene rings is 2. The smallest absolute Gasteiger partial charge is 0.326 e. The number of fused-ring (bicyclic) bond motifs is 1. The van der Waals surface area contributed by atoms with Gasteiger partial charge in [0, 0.05) is 23.5 Å². The molecule has 2 aromatic heterocycles. The van der Waals surface area contributed by atoms with Crippen LogP contribution in [0.25, 0.3) is 22.3 Å². The molecular weight excluding hydrogens is 414 g/mol. The number of carbonyl (C=O) groups is 2. The summed E-state index contributed by atoms with van der Waals surface area (Å²) < 4.78 is 10.5. The van der Waals surface area contributed by atoms with Crippen molar-refractivity contribution in [3.05, 3.63) is 66.2 Å². The number of amides is 2.